The van der Waals surface area contributed by atoms with E-state index >= 15 is 0 Å². The van der Waals surface area contributed by atoms with E-state index in [0.717, 1.165) is 5.92 Å². The van der Waals surface area contributed by atoms with Crippen molar-refractivity contribution in [1.82, 2.24) is 0 Å². The minimum atomic E-state index is 0.760. The van der Waals surface area contributed by atoms with Gasteiger partial charge in [0, 0.05) is 0 Å². The van der Waals surface area contributed by atoms with Crippen molar-refractivity contribution in [1.29, 1.82) is 0 Å². The Morgan fingerprint density at radius 1 is 1.00 bits per heavy atom. The molecule has 88 valence electrons. The number of allylic oxidation sites excluding steroid dienone is 4. The number of hydrogen-bond donors (Lipinski definition) is 0. The molecule has 2 saturated carbocycles. The van der Waals surface area contributed by atoms with Crippen LogP contribution in [-0.4, -0.2) is 0 Å². The van der Waals surface area contributed by atoms with E-state index in [1.54, 1.807) is 0 Å². The zero-order valence-corrected chi connectivity index (χ0v) is 10.4. The summed E-state index contributed by atoms with van der Waals surface area (Å²) in [5, 5.41) is 0. The highest BCUT2D eigenvalue weighted by Gasteiger charge is 2.16. The van der Waals surface area contributed by atoms with Gasteiger partial charge in [-0.05, 0) is 50.0 Å². The normalized spacial score (nSPS) is 26.0. The topological polar surface area (TPSA) is 0 Å². The standard InChI is InChI=1S/C16H24/c1-13-8-6-7-11-16(13)12-14(2)15-9-4-3-5-10-15/h12,15H,1-11H2/b16-12-. The van der Waals surface area contributed by atoms with Crippen molar-refractivity contribution in [2.24, 2.45) is 5.92 Å². The highest BCUT2D eigenvalue weighted by atomic mass is 14.2. The molecule has 0 radical (unpaired) electrons. The van der Waals surface area contributed by atoms with Crippen LogP contribution in [0.1, 0.15) is 57.8 Å². The average Bonchev–Trinajstić information content (AvgIpc) is 2.33. The predicted octanol–water partition coefficient (Wildman–Crippen LogP) is 5.18. The van der Waals surface area contributed by atoms with Gasteiger partial charge in [0.15, 0.2) is 0 Å². The predicted molar refractivity (Wildman–Crippen MR) is 71.4 cm³/mol. The van der Waals surface area contributed by atoms with E-state index in [0.29, 0.717) is 0 Å². The van der Waals surface area contributed by atoms with Crippen LogP contribution >= 0.6 is 0 Å². The molecule has 0 N–H and O–H groups in total. The van der Waals surface area contributed by atoms with Gasteiger partial charge in [-0.3, -0.25) is 0 Å². The van der Waals surface area contributed by atoms with Gasteiger partial charge in [-0.2, -0.15) is 0 Å². The molecule has 0 bridgehead atoms. The lowest BCUT2D eigenvalue weighted by Crippen LogP contribution is -2.08. The van der Waals surface area contributed by atoms with Gasteiger partial charge in [0.2, 0.25) is 0 Å². The van der Waals surface area contributed by atoms with E-state index in [1.165, 1.54) is 74.5 Å². The highest BCUT2D eigenvalue weighted by molar-refractivity contribution is 5.36. The number of rotatable bonds is 2. The Morgan fingerprint density at radius 2 is 1.69 bits per heavy atom. The van der Waals surface area contributed by atoms with Crippen molar-refractivity contribution in [3.05, 3.63) is 36.0 Å². The molecule has 2 rings (SSSR count). The average molecular weight is 216 g/mol. The third kappa shape index (κ3) is 2.87. The van der Waals surface area contributed by atoms with Crippen LogP contribution in [0.4, 0.5) is 0 Å². The fourth-order valence-corrected chi connectivity index (χ4v) is 2.98. The third-order valence-electron chi connectivity index (χ3n) is 4.12. The zero-order valence-electron chi connectivity index (χ0n) is 10.4. The molecule has 2 aliphatic carbocycles. The molecular formula is C16H24. The van der Waals surface area contributed by atoms with Crippen LogP contribution in [0.5, 0.6) is 0 Å². The lowest BCUT2D eigenvalue weighted by Gasteiger charge is -2.24. The highest BCUT2D eigenvalue weighted by Crippen LogP contribution is 2.33. The summed E-state index contributed by atoms with van der Waals surface area (Å²) >= 11 is 0. The molecule has 0 nitrogen and oxygen atoms in total. The first-order valence-electron chi connectivity index (χ1n) is 6.85. The molecule has 0 aromatic rings. The maximum absolute atomic E-state index is 4.29. The molecule has 0 atom stereocenters. The first-order chi connectivity index (χ1) is 7.77. The van der Waals surface area contributed by atoms with Gasteiger partial charge < -0.3 is 0 Å². The molecule has 2 aliphatic rings. The smallest absolute Gasteiger partial charge is 0.0168 e. The van der Waals surface area contributed by atoms with Crippen molar-refractivity contribution in [3.63, 3.8) is 0 Å². The Bertz CT molecular complexity index is 300. The van der Waals surface area contributed by atoms with E-state index in [2.05, 4.69) is 19.2 Å². The van der Waals surface area contributed by atoms with Gasteiger partial charge in [-0.1, -0.05) is 49.6 Å². The summed E-state index contributed by atoms with van der Waals surface area (Å²) in [7, 11) is 0. The molecule has 0 aliphatic heterocycles. The molecule has 0 saturated heterocycles. The maximum Gasteiger partial charge on any atom is -0.0168 e. The largest absolute Gasteiger partial charge is 0.0956 e. The first kappa shape index (κ1) is 11.7. The summed E-state index contributed by atoms with van der Waals surface area (Å²) < 4.78 is 0. The van der Waals surface area contributed by atoms with Crippen LogP contribution in [0.3, 0.4) is 0 Å². The number of hydrogen-bond acceptors (Lipinski definition) is 0. The van der Waals surface area contributed by atoms with Crippen LogP contribution in [0.2, 0.25) is 0 Å². The van der Waals surface area contributed by atoms with E-state index < -0.39 is 0 Å². The van der Waals surface area contributed by atoms with Gasteiger partial charge >= 0.3 is 0 Å². The summed E-state index contributed by atoms with van der Waals surface area (Å²) in [6.07, 6.45) is 14.4. The Kier molecular flexibility index (Phi) is 4.04. The minimum absolute atomic E-state index is 0.760. The van der Waals surface area contributed by atoms with Crippen molar-refractivity contribution in [2.75, 3.05) is 0 Å². The molecule has 0 unspecified atom stereocenters. The van der Waals surface area contributed by atoms with Crippen molar-refractivity contribution in [3.8, 4) is 0 Å². The molecular weight excluding hydrogens is 192 g/mol. The van der Waals surface area contributed by atoms with Crippen LogP contribution in [0.25, 0.3) is 0 Å². The third-order valence-corrected chi connectivity index (χ3v) is 4.12. The Hall–Kier alpha value is -0.780. The summed E-state index contributed by atoms with van der Waals surface area (Å²) in [4.78, 5) is 0. The van der Waals surface area contributed by atoms with Gasteiger partial charge in [-0.15, -0.1) is 0 Å². The van der Waals surface area contributed by atoms with Crippen LogP contribution in [0, 0.1) is 5.92 Å². The molecule has 0 spiro atoms. The second-order valence-corrected chi connectivity index (χ2v) is 5.39. The molecule has 0 amide bonds. The molecule has 16 heavy (non-hydrogen) atoms. The lowest BCUT2D eigenvalue weighted by atomic mass is 9.82. The molecule has 0 heterocycles. The van der Waals surface area contributed by atoms with Gasteiger partial charge in [0.25, 0.3) is 0 Å². The van der Waals surface area contributed by atoms with Crippen molar-refractivity contribution < 1.29 is 0 Å². The summed E-state index contributed by atoms with van der Waals surface area (Å²) in [5.41, 5.74) is 4.22. The maximum atomic E-state index is 4.29. The minimum Gasteiger partial charge on any atom is -0.0956 e. The summed E-state index contributed by atoms with van der Waals surface area (Å²) in [6, 6.07) is 0. The van der Waals surface area contributed by atoms with Crippen molar-refractivity contribution in [2.45, 2.75) is 57.8 Å². The molecule has 2 fully saturated rings. The van der Waals surface area contributed by atoms with Crippen LogP contribution < -0.4 is 0 Å². The fraction of sp³-hybridized carbons (Fsp3) is 0.625. The first-order valence-corrected chi connectivity index (χ1v) is 6.85. The summed E-state index contributed by atoms with van der Waals surface area (Å²) in [6.45, 7) is 8.47. The fourth-order valence-electron chi connectivity index (χ4n) is 2.98. The van der Waals surface area contributed by atoms with E-state index in [9.17, 15) is 0 Å². The Balaban J connectivity index is 1.98. The van der Waals surface area contributed by atoms with Gasteiger partial charge in [0.05, 0.1) is 0 Å². The van der Waals surface area contributed by atoms with Crippen LogP contribution in [0.15, 0.2) is 36.0 Å². The van der Waals surface area contributed by atoms with Gasteiger partial charge in [-0.25, -0.2) is 0 Å². The van der Waals surface area contributed by atoms with Crippen LogP contribution in [-0.2, 0) is 0 Å². The quantitative estimate of drug-likeness (QED) is 0.596. The lowest BCUT2D eigenvalue weighted by molar-refractivity contribution is 0.408. The van der Waals surface area contributed by atoms with Gasteiger partial charge in [0.1, 0.15) is 0 Å². The molecule has 0 aromatic carbocycles. The Morgan fingerprint density at radius 3 is 2.38 bits per heavy atom. The SMILES string of the molecule is C=C1CCCC/C1=C/C(=C)C1CCCCC1. The Labute approximate surface area is 100 Å². The molecule has 0 heteroatoms. The monoisotopic (exact) mass is 216 g/mol. The van der Waals surface area contributed by atoms with Crippen molar-refractivity contribution >= 4 is 0 Å². The second kappa shape index (κ2) is 5.52. The molecule has 0 aromatic heterocycles. The van der Waals surface area contributed by atoms with E-state index in [1.807, 2.05) is 0 Å². The summed E-state index contributed by atoms with van der Waals surface area (Å²) in [5.74, 6) is 0.760. The van der Waals surface area contributed by atoms with E-state index in [-0.39, 0.29) is 0 Å². The second-order valence-electron chi connectivity index (χ2n) is 5.39. The van der Waals surface area contributed by atoms with E-state index in [4.69, 9.17) is 0 Å². The zero-order chi connectivity index (χ0) is 11.4.